The molecule has 2 aromatic rings. The number of alkyl carbamates (subject to hydrolysis) is 1. The molecule has 2 rings (SSSR count). The fourth-order valence-electron chi connectivity index (χ4n) is 1.98. The van der Waals surface area contributed by atoms with E-state index < -0.39 is 5.60 Å². The molecule has 0 aliphatic heterocycles. The lowest BCUT2D eigenvalue weighted by Gasteiger charge is -2.19. The first-order valence-electron chi connectivity index (χ1n) is 7.41. The highest BCUT2D eigenvalue weighted by Gasteiger charge is 2.15. The number of benzene rings is 1. The third kappa shape index (κ3) is 5.18. The van der Waals surface area contributed by atoms with Crippen LogP contribution in [0.5, 0.6) is 0 Å². The van der Waals surface area contributed by atoms with Gasteiger partial charge in [-0.2, -0.15) is 0 Å². The Morgan fingerprint density at radius 3 is 2.82 bits per heavy atom. The van der Waals surface area contributed by atoms with Crippen molar-refractivity contribution < 1.29 is 9.53 Å². The fourth-order valence-corrected chi connectivity index (χ4v) is 2.84. The predicted molar refractivity (Wildman–Crippen MR) is 91.7 cm³/mol. The summed E-state index contributed by atoms with van der Waals surface area (Å²) in [5.41, 5.74) is 1.66. The Morgan fingerprint density at radius 2 is 2.09 bits per heavy atom. The van der Waals surface area contributed by atoms with Crippen LogP contribution >= 0.6 is 11.3 Å². The maximum Gasteiger partial charge on any atom is 0.407 e. The molecule has 120 valence electrons. The third-order valence-electron chi connectivity index (χ3n) is 2.85. The molecule has 1 amide bonds. The van der Waals surface area contributed by atoms with Crippen LogP contribution in [0.1, 0.15) is 32.2 Å². The molecule has 1 aromatic carbocycles. The summed E-state index contributed by atoms with van der Waals surface area (Å²) in [6, 6.07) is 6.17. The Bertz CT molecular complexity index is 646. The number of hydrogen-bond acceptors (Lipinski definition) is 5. The van der Waals surface area contributed by atoms with Crippen LogP contribution in [0.25, 0.3) is 10.2 Å². The molecular formula is C16H23N3O2S. The number of ether oxygens (including phenoxy) is 1. The number of rotatable bonds is 5. The molecule has 1 aromatic heterocycles. The molecule has 0 saturated heterocycles. The molecule has 0 aliphatic carbocycles. The van der Waals surface area contributed by atoms with E-state index in [1.165, 1.54) is 4.70 Å². The second kappa shape index (κ2) is 6.96. The number of hydrogen-bond donors (Lipinski definition) is 2. The van der Waals surface area contributed by atoms with Crippen LogP contribution in [0.3, 0.4) is 0 Å². The van der Waals surface area contributed by atoms with Gasteiger partial charge in [-0.1, -0.05) is 0 Å². The Balaban J connectivity index is 1.70. The van der Waals surface area contributed by atoms with Gasteiger partial charge in [0, 0.05) is 18.8 Å². The van der Waals surface area contributed by atoms with E-state index in [2.05, 4.69) is 21.7 Å². The zero-order chi connectivity index (χ0) is 16.2. The second-order valence-electron chi connectivity index (χ2n) is 6.12. The number of nitrogens with one attached hydrogen (secondary N) is 2. The number of fused-ring (bicyclic) bond motifs is 1. The van der Waals surface area contributed by atoms with Crippen molar-refractivity contribution in [3.8, 4) is 0 Å². The number of anilines is 1. The lowest BCUT2D eigenvalue weighted by molar-refractivity contribution is 0.0528. The van der Waals surface area contributed by atoms with Gasteiger partial charge in [0.1, 0.15) is 5.60 Å². The highest BCUT2D eigenvalue weighted by Crippen LogP contribution is 2.24. The van der Waals surface area contributed by atoms with Gasteiger partial charge in [0.2, 0.25) is 0 Å². The summed E-state index contributed by atoms with van der Waals surface area (Å²) < 4.78 is 6.37. The molecule has 0 aliphatic rings. The highest BCUT2D eigenvalue weighted by molar-refractivity contribution is 7.18. The second-order valence-corrected chi connectivity index (χ2v) is 7.36. The van der Waals surface area contributed by atoms with Crippen molar-refractivity contribution in [2.24, 2.45) is 0 Å². The van der Waals surface area contributed by atoms with Gasteiger partial charge in [0.05, 0.1) is 15.2 Å². The quantitative estimate of drug-likeness (QED) is 0.819. The summed E-state index contributed by atoms with van der Waals surface area (Å²) in [4.78, 5) is 15.9. The molecular weight excluding hydrogens is 298 g/mol. The van der Waals surface area contributed by atoms with Gasteiger partial charge in [0.25, 0.3) is 0 Å². The Morgan fingerprint density at radius 1 is 1.32 bits per heavy atom. The zero-order valence-corrected chi connectivity index (χ0v) is 14.3. The molecule has 0 spiro atoms. The minimum absolute atomic E-state index is 0.367. The minimum atomic E-state index is -0.454. The molecule has 0 atom stereocenters. The lowest BCUT2D eigenvalue weighted by atomic mass is 10.2. The average molecular weight is 321 g/mol. The summed E-state index contributed by atoms with van der Waals surface area (Å²) in [6.45, 7) is 8.95. The zero-order valence-electron chi connectivity index (χ0n) is 13.5. The number of amides is 1. The summed E-state index contributed by atoms with van der Waals surface area (Å²) in [5.74, 6) is 0. The van der Waals surface area contributed by atoms with Gasteiger partial charge in [-0.15, -0.1) is 11.3 Å². The van der Waals surface area contributed by atoms with Crippen molar-refractivity contribution in [1.82, 2.24) is 10.3 Å². The predicted octanol–water partition coefficient (Wildman–Crippen LogP) is 3.93. The number of carbonyl (C=O) groups excluding carboxylic acids is 1. The molecule has 22 heavy (non-hydrogen) atoms. The van der Waals surface area contributed by atoms with Crippen molar-refractivity contribution >= 4 is 33.3 Å². The third-order valence-corrected chi connectivity index (χ3v) is 3.78. The first-order valence-corrected chi connectivity index (χ1v) is 8.23. The van der Waals surface area contributed by atoms with Crippen LogP contribution in [-0.2, 0) is 4.74 Å². The first kappa shape index (κ1) is 16.5. The Kier molecular flexibility index (Phi) is 5.24. The van der Waals surface area contributed by atoms with E-state index in [9.17, 15) is 4.79 Å². The maximum absolute atomic E-state index is 11.5. The molecule has 0 saturated carbocycles. The number of carbonyl (C=O) groups is 1. The summed E-state index contributed by atoms with van der Waals surface area (Å²) >= 11 is 1.69. The van der Waals surface area contributed by atoms with Gasteiger partial charge < -0.3 is 15.4 Å². The Labute approximate surface area is 135 Å². The molecule has 0 fully saturated rings. The molecule has 2 N–H and O–H groups in total. The van der Waals surface area contributed by atoms with Crippen molar-refractivity contribution in [3.05, 3.63) is 23.2 Å². The summed E-state index contributed by atoms with van der Waals surface area (Å²) in [6.07, 6.45) is 0.466. The van der Waals surface area contributed by atoms with Crippen LogP contribution in [0, 0.1) is 6.92 Å². The van der Waals surface area contributed by atoms with Crippen LogP contribution in [0.2, 0.25) is 0 Å². The first-order chi connectivity index (χ1) is 10.3. The SMILES string of the molecule is Cc1nc2ccc(NCCCNC(=O)OC(C)(C)C)cc2s1. The van der Waals surface area contributed by atoms with Crippen molar-refractivity contribution in [2.45, 2.75) is 39.7 Å². The van der Waals surface area contributed by atoms with E-state index in [0.29, 0.717) is 6.54 Å². The molecule has 5 nitrogen and oxygen atoms in total. The topological polar surface area (TPSA) is 63.2 Å². The van der Waals surface area contributed by atoms with E-state index in [-0.39, 0.29) is 6.09 Å². The number of nitrogens with zero attached hydrogens (tertiary/aromatic N) is 1. The Hall–Kier alpha value is -1.82. The maximum atomic E-state index is 11.5. The van der Waals surface area contributed by atoms with Gasteiger partial charge >= 0.3 is 6.09 Å². The van der Waals surface area contributed by atoms with E-state index in [1.54, 1.807) is 11.3 Å². The molecule has 1 heterocycles. The smallest absolute Gasteiger partial charge is 0.407 e. The van der Waals surface area contributed by atoms with Crippen LogP contribution in [0.15, 0.2) is 18.2 Å². The van der Waals surface area contributed by atoms with E-state index in [0.717, 1.165) is 29.2 Å². The molecule has 6 heteroatoms. The number of aromatic nitrogens is 1. The van der Waals surface area contributed by atoms with Gasteiger partial charge in [0.15, 0.2) is 0 Å². The summed E-state index contributed by atoms with van der Waals surface area (Å²) in [7, 11) is 0. The lowest BCUT2D eigenvalue weighted by Crippen LogP contribution is -2.33. The molecule has 0 bridgehead atoms. The van der Waals surface area contributed by atoms with E-state index in [4.69, 9.17) is 4.74 Å². The van der Waals surface area contributed by atoms with E-state index in [1.807, 2.05) is 39.8 Å². The number of aryl methyl sites for hydroxylation is 1. The normalized spacial score (nSPS) is 11.5. The van der Waals surface area contributed by atoms with Crippen molar-refractivity contribution in [3.63, 3.8) is 0 Å². The van der Waals surface area contributed by atoms with Crippen LogP contribution in [0.4, 0.5) is 10.5 Å². The van der Waals surface area contributed by atoms with Gasteiger partial charge in [-0.25, -0.2) is 9.78 Å². The van der Waals surface area contributed by atoms with E-state index >= 15 is 0 Å². The van der Waals surface area contributed by atoms with Crippen LogP contribution < -0.4 is 10.6 Å². The molecule has 0 radical (unpaired) electrons. The highest BCUT2D eigenvalue weighted by atomic mass is 32.1. The van der Waals surface area contributed by atoms with Gasteiger partial charge in [-0.05, 0) is 52.3 Å². The minimum Gasteiger partial charge on any atom is -0.444 e. The summed E-state index contributed by atoms with van der Waals surface area (Å²) in [5, 5.41) is 7.18. The average Bonchev–Trinajstić information content (AvgIpc) is 2.75. The largest absolute Gasteiger partial charge is 0.444 e. The standard InChI is InChI=1S/C16H23N3O2S/c1-11-19-13-7-6-12(10-14(13)22-11)17-8-5-9-18-15(20)21-16(2,3)4/h6-7,10,17H,5,8-9H2,1-4H3,(H,18,20). The van der Waals surface area contributed by atoms with Crippen molar-refractivity contribution in [2.75, 3.05) is 18.4 Å². The molecule has 0 unspecified atom stereocenters. The number of thiazole rings is 1. The van der Waals surface area contributed by atoms with Gasteiger partial charge in [-0.3, -0.25) is 0 Å². The fraction of sp³-hybridized carbons (Fsp3) is 0.500. The van der Waals surface area contributed by atoms with Crippen LogP contribution in [-0.4, -0.2) is 29.8 Å². The monoisotopic (exact) mass is 321 g/mol. The van der Waals surface area contributed by atoms with Crippen molar-refractivity contribution in [1.29, 1.82) is 0 Å².